The van der Waals surface area contributed by atoms with Crippen molar-refractivity contribution in [1.29, 1.82) is 0 Å². The third-order valence-corrected chi connectivity index (χ3v) is 6.35. The van der Waals surface area contributed by atoms with Crippen LogP contribution in [0.1, 0.15) is 0 Å². The Bertz CT molecular complexity index is 751. The number of ether oxygens (including phenoxy) is 1. The molecule has 0 aromatic heterocycles. The molecular formula is C16H14BrF2IO5S. The van der Waals surface area contributed by atoms with Crippen molar-refractivity contribution in [2.24, 2.45) is 0 Å². The van der Waals surface area contributed by atoms with Gasteiger partial charge in [-0.15, -0.1) is 0 Å². The summed E-state index contributed by atoms with van der Waals surface area (Å²) in [6, 6.07) is 21.4. The van der Waals surface area contributed by atoms with Gasteiger partial charge in [0.05, 0.1) is 0 Å². The maximum atomic E-state index is 12.3. The highest BCUT2D eigenvalue weighted by molar-refractivity contribution is 9.09. The summed E-state index contributed by atoms with van der Waals surface area (Å²) in [5.41, 5.74) is 0. The Hall–Kier alpha value is -1.11. The van der Waals surface area contributed by atoms with Crippen molar-refractivity contribution in [3.05, 3.63) is 67.8 Å². The van der Waals surface area contributed by atoms with Gasteiger partial charge in [0.2, 0.25) is 0 Å². The van der Waals surface area contributed by atoms with Gasteiger partial charge in [0.15, 0.2) is 17.3 Å². The molecule has 0 aliphatic heterocycles. The van der Waals surface area contributed by atoms with Gasteiger partial charge in [-0.05, 0) is 24.3 Å². The number of rotatable bonds is 6. The molecule has 0 saturated carbocycles. The summed E-state index contributed by atoms with van der Waals surface area (Å²) in [5.74, 6) is -2.36. The van der Waals surface area contributed by atoms with Crippen molar-refractivity contribution in [3.63, 3.8) is 0 Å². The first kappa shape index (κ1) is 22.9. The van der Waals surface area contributed by atoms with E-state index in [2.05, 4.69) is 81.3 Å². The summed E-state index contributed by atoms with van der Waals surface area (Å²) in [7, 11) is -6.01. The summed E-state index contributed by atoms with van der Waals surface area (Å²) in [4.78, 5) is 10.3. The molecule has 0 heterocycles. The van der Waals surface area contributed by atoms with Crippen molar-refractivity contribution < 1.29 is 52.5 Å². The van der Waals surface area contributed by atoms with Gasteiger partial charge < -0.3 is 9.29 Å². The average molecular weight is 563 g/mol. The van der Waals surface area contributed by atoms with Gasteiger partial charge in [0.25, 0.3) is 0 Å². The lowest BCUT2D eigenvalue weighted by atomic mass is 10.4. The number of esters is 1. The molecule has 142 valence electrons. The van der Waals surface area contributed by atoms with Crippen molar-refractivity contribution in [3.8, 4) is 0 Å². The summed E-state index contributed by atoms with van der Waals surface area (Å²) in [6.45, 7) is -0.441. The van der Waals surface area contributed by atoms with Crippen LogP contribution in [0.2, 0.25) is 0 Å². The van der Waals surface area contributed by atoms with E-state index in [9.17, 15) is 26.5 Å². The second-order valence-electron chi connectivity index (χ2n) is 4.48. The fraction of sp³-hybridized carbons (Fsp3) is 0.188. The minimum atomic E-state index is -6.01. The highest BCUT2D eigenvalue weighted by atomic mass is 127. The molecule has 0 bridgehead atoms. The predicted molar refractivity (Wildman–Crippen MR) is 89.7 cm³/mol. The molecule has 0 spiro atoms. The zero-order valence-corrected chi connectivity index (χ0v) is 17.7. The molecule has 2 rings (SSSR count). The van der Waals surface area contributed by atoms with Gasteiger partial charge in [-0.1, -0.05) is 52.3 Å². The molecule has 26 heavy (non-hydrogen) atoms. The molecule has 0 unspecified atom stereocenters. The topological polar surface area (TPSA) is 83.5 Å². The Morgan fingerprint density at radius 2 is 1.46 bits per heavy atom. The van der Waals surface area contributed by atoms with Crippen molar-refractivity contribution in [2.75, 3.05) is 11.9 Å². The largest absolute Gasteiger partial charge is 0.743 e. The number of hydrogen-bond donors (Lipinski definition) is 0. The van der Waals surface area contributed by atoms with E-state index in [1.807, 2.05) is 0 Å². The third kappa shape index (κ3) is 7.64. The fourth-order valence-corrected chi connectivity index (χ4v) is 4.09. The average Bonchev–Trinajstić information content (AvgIpc) is 2.61. The van der Waals surface area contributed by atoms with Gasteiger partial charge in [0, 0.05) is 5.33 Å². The van der Waals surface area contributed by atoms with Crippen LogP contribution in [0.25, 0.3) is 0 Å². The monoisotopic (exact) mass is 562 g/mol. The van der Waals surface area contributed by atoms with Crippen LogP contribution in [0.5, 0.6) is 0 Å². The quantitative estimate of drug-likeness (QED) is 0.212. The van der Waals surface area contributed by atoms with E-state index in [1.54, 1.807) is 0 Å². The molecular weight excluding hydrogens is 549 g/mol. The molecule has 10 heteroatoms. The Morgan fingerprint density at radius 1 is 1.04 bits per heavy atom. The van der Waals surface area contributed by atoms with Crippen LogP contribution < -0.4 is 21.2 Å². The maximum absolute atomic E-state index is 12.3. The van der Waals surface area contributed by atoms with Gasteiger partial charge in [-0.25, -0.2) is 13.2 Å². The molecule has 0 amide bonds. The molecule has 0 fully saturated rings. The molecule has 0 atom stereocenters. The van der Waals surface area contributed by atoms with Crippen LogP contribution in [-0.2, 0) is 19.6 Å². The van der Waals surface area contributed by atoms with Crippen LogP contribution in [-0.4, -0.2) is 36.1 Å². The van der Waals surface area contributed by atoms with E-state index in [0.29, 0.717) is 0 Å². The van der Waals surface area contributed by atoms with Crippen molar-refractivity contribution in [1.82, 2.24) is 0 Å². The second-order valence-corrected chi connectivity index (χ2v) is 9.73. The summed E-state index contributed by atoms with van der Waals surface area (Å²) >= 11 is 2.77. The normalized spacial score (nSPS) is 11.2. The highest BCUT2D eigenvalue weighted by Crippen LogP contribution is 2.21. The number of alkyl halides is 3. The Balaban J connectivity index is 0.000000260. The van der Waals surface area contributed by atoms with Gasteiger partial charge in [-0.3, -0.25) is 0 Å². The third-order valence-electron chi connectivity index (χ3n) is 2.55. The van der Waals surface area contributed by atoms with Crippen LogP contribution in [0.3, 0.4) is 0 Å². The first-order chi connectivity index (χ1) is 12.2. The van der Waals surface area contributed by atoms with Gasteiger partial charge in [0.1, 0.15) is 6.61 Å². The summed E-state index contributed by atoms with van der Waals surface area (Å²) < 4.78 is 60.8. The van der Waals surface area contributed by atoms with Crippen molar-refractivity contribution >= 4 is 32.0 Å². The van der Waals surface area contributed by atoms with E-state index >= 15 is 0 Å². The Labute approximate surface area is 168 Å². The zero-order chi connectivity index (χ0) is 19.6. The Morgan fingerprint density at radius 3 is 1.81 bits per heavy atom. The molecule has 5 nitrogen and oxygen atoms in total. The molecule has 0 N–H and O–H groups in total. The maximum Gasteiger partial charge on any atom is 0.428 e. The van der Waals surface area contributed by atoms with Gasteiger partial charge >= 0.3 is 32.4 Å². The molecule has 0 aliphatic rings. The summed E-state index contributed by atoms with van der Waals surface area (Å²) in [5, 5.41) is -4.96. The van der Waals surface area contributed by atoms with E-state index in [0.717, 1.165) is 0 Å². The van der Waals surface area contributed by atoms with Crippen LogP contribution in [0.15, 0.2) is 60.7 Å². The SMILES string of the molecule is O=C(OCCBr)C(F)(F)S(=O)(=O)[O-].c1ccc([I+]c2ccccc2)cc1. The first-order valence-electron chi connectivity index (χ1n) is 7.00. The zero-order valence-electron chi connectivity index (χ0n) is 13.1. The molecule has 2 aromatic carbocycles. The van der Waals surface area contributed by atoms with Crippen LogP contribution in [0.4, 0.5) is 8.78 Å². The highest BCUT2D eigenvalue weighted by Gasteiger charge is 2.48. The Kier molecular flexibility index (Phi) is 9.61. The van der Waals surface area contributed by atoms with E-state index in [4.69, 9.17) is 0 Å². The predicted octanol–water partition coefficient (Wildman–Crippen LogP) is -0.122. The van der Waals surface area contributed by atoms with E-state index < -0.39 is 27.9 Å². The van der Waals surface area contributed by atoms with E-state index in [1.165, 1.54) is 7.14 Å². The van der Waals surface area contributed by atoms with Crippen molar-refractivity contribution in [2.45, 2.75) is 5.25 Å². The minimum Gasteiger partial charge on any atom is -0.743 e. The molecule has 0 saturated heterocycles. The number of carbonyl (C=O) groups is 1. The lowest BCUT2D eigenvalue weighted by molar-refractivity contribution is -0.597. The van der Waals surface area contributed by atoms with Crippen LogP contribution >= 0.6 is 15.9 Å². The first-order valence-corrected chi connectivity index (χ1v) is 11.7. The number of hydrogen-bond acceptors (Lipinski definition) is 5. The number of benzene rings is 2. The smallest absolute Gasteiger partial charge is 0.428 e. The molecule has 2 aromatic rings. The van der Waals surface area contributed by atoms with Crippen LogP contribution in [0, 0.1) is 7.14 Å². The second kappa shape index (κ2) is 10.9. The number of halogens is 4. The minimum absolute atomic E-state index is 0.0287. The fourth-order valence-electron chi connectivity index (χ4n) is 1.40. The lowest BCUT2D eigenvalue weighted by Crippen LogP contribution is -3.61. The van der Waals surface area contributed by atoms with E-state index in [-0.39, 0.29) is 26.5 Å². The van der Waals surface area contributed by atoms with Gasteiger partial charge in [-0.2, -0.15) is 8.78 Å². The standard InChI is InChI=1S/C12H10I.C4H5BrF2O5S/c1-3-7-11(8-4-1)13-12-9-5-2-6-10-12;5-1-2-12-3(8)4(6,7)13(9,10)11/h1-10H;1-2H2,(H,9,10,11)/q+1;/p-1. The summed E-state index contributed by atoms with van der Waals surface area (Å²) in [6.07, 6.45) is 0. The molecule has 0 radical (unpaired) electrons. The number of carbonyl (C=O) groups excluding carboxylic acids is 1. The lowest BCUT2D eigenvalue weighted by Gasteiger charge is -2.17. The molecule has 0 aliphatic carbocycles.